The molecule has 2 heterocycles. The highest BCUT2D eigenvalue weighted by Gasteiger charge is 2.13. The maximum Gasteiger partial charge on any atom is 0.271 e. The van der Waals surface area contributed by atoms with E-state index in [4.69, 9.17) is 11.6 Å². The lowest BCUT2D eigenvalue weighted by Gasteiger charge is -2.09. The molecule has 0 radical (unpaired) electrons. The standard InChI is InChI=1S/C19H14ClN3O2S/c1-11-6-7-14(13(20)8-11)22-16(24)9-23-10-21-17-12-4-2-3-5-15(12)26-18(17)19(23)25/h2-8,10H,9H2,1H3,(H,22,24). The molecule has 0 fully saturated rings. The fourth-order valence-electron chi connectivity index (χ4n) is 2.79. The Hall–Kier alpha value is -2.70. The van der Waals surface area contributed by atoms with Crippen molar-refractivity contribution in [3.05, 3.63) is 69.7 Å². The molecule has 130 valence electrons. The quantitative estimate of drug-likeness (QED) is 0.576. The van der Waals surface area contributed by atoms with Crippen molar-refractivity contribution in [3.63, 3.8) is 0 Å². The lowest BCUT2D eigenvalue weighted by molar-refractivity contribution is -0.116. The minimum Gasteiger partial charge on any atom is -0.323 e. The van der Waals surface area contributed by atoms with Gasteiger partial charge in [-0.05, 0) is 30.7 Å². The average molecular weight is 384 g/mol. The van der Waals surface area contributed by atoms with Crippen LogP contribution in [-0.4, -0.2) is 15.5 Å². The van der Waals surface area contributed by atoms with Crippen LogP contribution in [0, 0.1) is 6.92 Å². The van der Waals surface area contributed by atoms with Crippen molar-refractivity contribution in [2.75, 3.05) is 5.32 Å². The molecule has 0 unspecified atom stereocenters. The third-order valence-corrected chi connectivity index (χ3v) is 5.52. The predicted molar refractivity (Wildman–Crippen MR) is 106 cm³/mol. The number of carbonyl (C=O) groups excluding carboxylic acids is 1. The van der Waals surface area contributed by atoms with Gasteiger partial charge in [-0.15, -0.1) is 11.3 Å². The van der Waals surface area contributed by atoms with Crippen LogP contribution in [0.3, 0.4) is 0 Å². The fourth-order valence-corrected chi connectivity index (χ4v) is 4.18. The second kappa shape index (κ2) is 6.55. The number of hydrogen-bond donors (Lipinski definition) is 1. The van der Waals surface area contributed by atoms with Gasteiger partial charge in [0.1, 0.15) is 11.2 Å². The van der Waals surface area contributed by atoms with Crippen molar-refractivity contribution in [3.8, 4) is 0 Å². The molecule has 4 rings (SSSR count). The zero-order valence-corrected chi connectivity index (χ0v) is 15.4. The SMILES string of the molecule is Cc1ccc(NC(=O)Cn2cnc3c(sc4ccccc43)c2=O)c(Cl)c1. The van der Waals surface area contributed by atoms with Crippen LogP contribution in [0.25, 0.3) is 20.3 Å². The number of benzene rings is 2. The second-order valence-corrected chi connectivity index (χ2v) is 7.44. The number of aryl methyl sites for hydroxylation is 1. The topological polar surface area (TPSA) is 64.0 Å². The Kier molecular flexibility index (Phi) is 4.22. The lowest BCUT2D eigenvalue weighted by atomic mass is 10.2. The van der Waals surface area contributed by atoms with Gasteiger partial charge in [0, 0.05) is 10.1 Å². The Balaban J connectivity index is 1.64. The van der Waals surface area contributed by atoms with Crippen LogP contribution in [0.4, 0.5) is 5.69 Å². The van der Waals surface area contributed by atoms with Crippen molar-refractivity contribution in [2.24, 2.45) is 0 Å². The number of fused-ring (bicyclic) bond motifs is 3. The molecule has 26 heavy (non-hydrogen) atoms. The van der Waals surface area contributed by atoms with E-state index in [1.54, 1.807) is 12.1 Å². The number of anilines is 1. The summed E-state index contributed by atoms with van der Waals surface area (Å²) in [6.45, 7) is 1.79. The van der Waals surface area contributed by atoms with E-state index in [0.717, 1.165) is 15.6 Å². The molecule has 0 saturated carbocycles. The highest BCUT2D eigenvalue weighted by molar-refractivity contribution is 7.25. The first-order valence-corrected chi connectivity index (χ1v) is 9.15. The van der Waals surface area contributed by atoms with E-state index in [-0.39, 0.29) is 18.0 Å². The van der Waals surface area contributed by atoms with Crippen LogP contribution in [0.2, 0.25) is 5.02 Å². The number of amides is 1. The Morgan fingerprint density at radius 1 is 1.27 bits per heavy atom. The summed E-state index contributed by atoms with van der Waals surface area (Å²) in [5.41, 5.74) is 1.98. The minimum atomic E-state index is -0.333. The summed E-state index contributed by atoms with van der Waals surface area (Å²) < 4.78 is 2.87. The number of nitrogens with zero attached hydrogens (tertiary/aromatic N) is 2. The van der Waals surface area contributed by atoms with E-state index in [1.165, 1.54) is 22.2 Å². The summed E-state index contributed by atoms with van der Waals surface area (Å²) in [5.74, 6) is -0.333. The van der Waals surface area contributed by atoms with E-state index in [1.807, 2.05) is 37.3 Å². The van der Waals surface area contributed by atoms with Gasteiger partial charge in [-0.25, -0.2) is 4.98 Å². The minimum absolute atomic E-state index is 0.125. The third kappa shape index (κ3) is 2.98. The van der Waals surface area contributed by atoms with Gasteiger partial charge in [0.15, 0.2) is 0 Å². The average Bonchev–Trinajstić information content (AvgIpc) is 2.99. The fraction of sp³-hybridized carbons (Fsp3) is 0.105. The highest BCUT2D eigenvalue weighted by Crippen LogP contribution is 2.29. The molecule has 1 amide bonds. The number of rotatable bonds is 3. The molecular formula is C19H14ClN3O2S. The molecule has 4 aromatic rings. The van der Waals surface area contributed by atoms with Crippen LogP contribution in [-0.2, 0) is 11.3 Å². The maximum absolute atomic E-state index is 12.7. The molecule has 2 aromatic carbocycles. The van der Waals surface area contributed by atoms with E-state index in [2.05, 4.69) is 10.3 Å². The molecule has 0 aliphatic rings. The summed E-state index contributed by atoms with van der Waals surface area (Å²) in [4.78, 5) is 29.4. The van der Waals surface area contributed by atoms with E-state index in [9.17, 15) is 9.59 Å². The molecule has 2 aromatic heterocycles. The first-order valence-electron chi connectivity index (χ1n) is 7.95. The number of nitrogens with one attached hydrogen (secondary N) is 1. The lowest BCUT2D eigenvalue weighted by Crippen LogP contribution is -2.27. The van der Waals surface area contributed by atoms with E-state index in [0.29, 0.717) is 20.9 Å². The van der Waals surface area contributed by atoms with Crippen LogP contribution < -0.4 is 10.9 Å². The molecule has 0 atom stereocenters. The zero-order valence-electron chi connectivity index (χ0n) is 13.8. The molecule has 1 N–H and O–H groups in total. The van der Waals surface area contributed by atoms with Crippen molar-refractivity contribution in [1.29, 1.82) is 0 Å². The van der Waals surface area contributed by atoms with Gasteiger partial charge >= 0.3 is 0 Å². The maximum atomic E-state index is 12.7. The van der Waals surface area contributed by atoms with E-state index >= 15 is 0 Å². The van der Waals surface area contributed by atoms with Crippen molar-refractivity contribution in [1.82, 2.24) is 9.55 Å². The Morgan fingerprint density at radius 3 is 2.88 bits per heavy atom. The normalized spacial score (nSPS) is 11.2. The molecule has 0 aliphatic heterocycles. The Labute approximate surface area is 157 Å². The predicted octanol–water partition coefficient (Wildman–Crippen LogP) is 4.21. The van der Waals surface area contributed by atoms with Crippen LogP contribution in [0.1, 0.15) is 5.56 Å². The van der Waals surface area contributed by atoms with Gasteiger partial charge in [0.05, 0.1) is 22.6 Å². The zero-order chi connectivity index (χ0) is 18.3. The molecule has 0 bridgehead atoms. The number of thiophene rings is 1. The summed E-state index contributed by atoms with van der Waals surface area (Å²) >= 11 is 7.53. The van der Waals surface area contributed by atoms with Crippen LogP contribution in [0.5, 0.6) is 0 Å². The molecule has 0 spiro atoms. The van der Waals surface area contributed by atoms with Crippen molar-refractivity contribution >= 4 is 54.8 Å². The van der Waals surface area contributed by atoms with Gasteiger partial charge in [0.25, 0.3) is 5.56 Å². The Bertz CT molecular complexity index is 1210. The van der Waals surface area contributed by atoms with Gasteiger partial charge in [0.2, 0.25) is 5.91 Å². The smallest absolute Gasteiger partial charge is 0.271 e. The summed E-state index contributed by atoms with van der Waals surface area (Å²) in [7, 11) is 0. The number of halogens is 1. The molecular weight excluding hydrogens is 370 g/mol. The highest BCUT2D eigenvalue weighted by atomic mass is 35.5. The van der Waals surface area contributed by atoms with Gasteiger partial charge in [-0.1, -0.05) is 35.9 Å². The number of hydrogen-bond acceptors (Lipinski definition) is 4. The van der Waals surface area contributed by atoms with Gasteiger partial charge < -0.3 is 5.32 Å². The second-order valence-electron chi connectivity index (χ2n) is 5.99. The molecule has 0 aliphatic carbocycles. The van der Waals surface area contributed by atoms with Crippen LogP contribution in [0.15, 0.2) is 53.6 Å². The van der Waals surface area contributed by atoms with Gasteiger partial charge in [-0.3, -0.25) is 14.2 Å². The van der Waals surface area contributed by atoms with Gasteiger partial charge in [-0.2, -0.15) is 0 Å². The molecule has 0 saturated heterocycles. The van der Waals surface area contributed by atoms with Crippen molar-refractivity contribution < 1.29 is 4.79 Å². The van der Waals surface area contributed by atoms with E-state index < -0.39 is 0 Å². The van der Waals surface area contributed by atoms with Crippen LogP contribution >= 0.6 is 22.9 Å². The molecule has 7 heteroatoms. The number of aromatic nitrogens is 2. The first-order chi connectivity index (χ1) is 12.5. The molecule has 5 nitrogen and oxygen atoms in total. The number of carbonyl (C=O) groups is 1. The summed E-state index contributed by atoms with van der Waals surface area (Å²) in [5, 5.41) is 4.15. The van der Waals surface area contributed by atoms with Crippen molar-refractivity contribution in [2.45, 2.75) is 13.5 Å². The Morgan fingerprint density at radius 2 is 2.08 bits per heavy atom. The summed E-state index contributed by atoms with van der Waals surface area (Å²) in [6.07, 6.45) is 1.42. The largest absolute Gasteiger partial charge is 0.323 e. The third-order valence-electron chi connectivity index (χ3n) is 4.06. The summed E-state index contributed by atoms with van der Waals surface area (Å²) in [6, 6.07) is 13.1. The monoisotopic (exact) mass is 383 g/mol. The first kappa shape index (κ1) is 16.8.